The van der Waals surface area contributed by atoms with Gasteiger partial charge in [0.25, 0.3) is 11.8 Å². The summed E-state index contributed by atoms with van der Waals surface area (Å²) in [7, 11) is 1.44. The first-order valence-corrected chi connectivity index (χ1v) is 13.9. The molecule has 3 saturated carbocycles. The van der Waals surface area contributed by atoms with Gasteiger partial charge >= 0.3 is 5.97 Å². The standard InChI is InChI=1S/C29H32N8O5.2H2/c1-41-27(40)29-8-5-28(6-9-29,7-10-29)16-33-26(39)21-13-19(35-24-4-11-34-37(21)24)25(38)32-14-18-2-3-22-20(12-18)36(17-30)23(31)15-42-22;;/h2-4,11-13,17,30-31H,5-10,14-16H2,1H3,(H,32,38)(H,33,39);2*1H. The van der Waals surface area contributed by atoms with E-state index in [2.05, 4.69) is 20.7 Å². The van der Waals surface area contributed by atoms with Gasteiger partial charge in [0.05, 0.1) is 30.7 Å². The molecule has 222 valence electrons. The maximum absolute atomic E-state index is 13.4. The number of hydrogen-bond acceptors (Lipinski definition) is 9. The molecule has 1 aromatic carbocycles. The molecule has 4 N–H and O–H groups in total. The Balaban J connectivity index is 0.00000221. The molecule has 0 saturated heterocycles. The van der Waals surface area contributed by atoms with Crippen molar-refractivity contribution in [3.8, 4) is 5.75 Å². The summed E-state index contributed by atoms with van der Waals surface area (Å²) in [5.41, 5.74) is 1.50. The zero-order valence-corrected chi connectivity index (χ0v) is 23.2. The van der Waals surface area contributed by atoms with Crippen LogP contribution in [0.15, 0.2) is 36.5 Å². The molecule has 7 rings (SSSR count). The fourth-order valence-corrected chi connectivity index (χ4v) is 6.37. The van der Waals surface area contributed by atoms with Crippen LogP contribution in [0.25, 0.3) is 5.65 Å². The van der Waals surface area contributed by atoms with E-state index >= 15 is 0 Å². The number of nitrogens with zero attached hydrogens (tertiary/aromatic N) is 4. The van der Waals surface area contributed by atoms with Gasteiger partial charge in [-0.2, -0.15) is 5.10 Å². The summed E-state index contributed by atoms with van der Waals surface area (Å²) in [5, 5.41) is 25.8. The summed E-state index contributed by atoms with van der Waals surface area (Å²) in [4.78, 5) is 44.7. The van der Waals surface area contributed by atoms with Gasteiger partial charge in [0.1, 0.15) is 29.6 Å². The summed E-state index contributed by atoms with van der Waals surface area (Å²) in [5.74, 6) is -0.247. The van der Waals surface area contributed by atoms with Crippen molar-refractivity contribution in [1.82, 2.24) is 25.2 Å². The van der Waals surface area contributed by atoms with Crippen LogP contribution >= 0.6 is 0 Å². The number of ether oxygens (including phenoxy) is 2. The average molecular weight is 577 g/mol. The lowest BCUT2D eigenvalue weighted by atomic mass is 9.53. The minimum absolute atomic E-state index is 0. The number of anilines is 1. The molecule has 2 aromatic heterocycles. The molecule has 13 heteroatoms. The zero-order chi connectivity index (χ0) is 29.5. The number of aromatic nitrogens is 3. The van der Waals surface area contributed by atoms with Crippen molar-refractivity contribution in [2.24, 2.45) is 10.8 Å². The van der Waals surface area contributed by atoms with E-state index in [1.165, 1.54) is 28.8 Å². The second-order valence-electron chi connectivity index (χ2n) is 11.3. The van der Waals surface area contributed by atoms with Crippen LogP contribution < -0.4 is 20.3 Å². The summed E-state index contributed by atoms with van der Waals surface area (Å²) < 4.78 is 12.0. The summed E-state index contributed by atoms with van der Waals surface area (Å²) in [6, 6.07) is 8.36. The lowest BCUT2D eigenvalue weighted by Crippen LogP contribution is -2.50. The number of rotatable bonds is 8. The van der Waals surface area contributed by atoms with E-state index in [1.54, 1.807) is 24.3 Å². The first-order valence-electron chi connectivity index (χ1n) is 13.9. The van der Waals surface area contributed by atoms with Gasteiger partial charge in [-0.3, -0.25) is 30.1 Å². The van der Waals surface area contributed by atoms with Crippen LogP contribution in [0.4, 0.5) is 5.69 Å². The molecule has 3 heterocycles. The molecule has 0 radical (unpaired) electrons. The van der Waals surface area contributed by atoms with E-state index < -0.39 is 5.91 Å². The van der Waals surface area contributed by atoms with E-state index in [-0.39, 0.29) is 55.9 Å². The molecule has 2 bridgehead atoms. The largest absolute Gasteiger partial charge is 0.483 e. The highest BCUT2D eigenvalue weighted by molar-refractivity contribution is 6.12. The second-order valence-corrected chi connectivity index (χ2v) is 11.3. The van der Waals surface area contributed by atoms with Crippen molar-refractivity contribution in [2.45, 2.75) is 45.1 Å². The van der Waals surface area contributed by atoms with Crippen molar-refractivity contribution in [2.75, 3.05) is 25.2 Å². The van der Waals surface area contributed by atoms with E-state index in [0.717, 1.165) is 50.4 Å². The number of esters is 1. The monoisotopic (exact) mass is 576 g/mol. The highest BCUT2D eigenvalue weighted by Gasteiger charge is 2.53. The Morgan fingerprint density at radius 2 is 1.86 bits per heavy atom. The lowest BCUT2D eigenvalue weighted by Gasteiger charge is -2.51. The SMILES string of the molecule is COC(=O)C12CCC(CNC(=O)c3cc(C(=O)NCc4ccc5c(c4)N(C=N)C(=N)CO5)nc4ccnn34)(CC1)CC2.[HH].[HH]. The quantitative estimate of drug-likeness (QED) is 0.180. The molecular weight excluding hydrogens is 540 g/mol. The molecule has 0 spiro atoms. The molecule has 4 aliphatic rings. The number of hydrogen-bond donors (Lipinski definition) is 4. The van der Waals surface area contributed by atoms with Crippen LogP contribution in [0.2, 0.25) is 0 Å². The van der Waals surface area contributed by atoms with Crippen LogP contribution in [0.5, 0.6) is 5.75 Å². The maximum Gasteiger partial charge on any atom is 0.311 e. The molecule has 13 nitrogen and oxygen atoms in total. The number of nitrogens with one attached hydrogen (secondary N) is 4. The third kappa shape index (κ3) is 4.74. The van der Waals surface area contributed by atoms with Gasteiger partial charge < -0.3 is 20.1 Å². The van der Waals surface area contributed by atoms with Gasteiger partial charge in [-0.25, -0.2) is 9.50 Å². The number of amides is 2. The minimum atomic E-state index is -0.462. The van der Waals surface area contributed by atoms with Crippen LogP contribution in [-0.2, 0) is 16.1 Å². The number of methoxy groups -OCH3 is 1. The van der Waals surface area contributed by atoms with Gasteiger partial charge in [0.2, 0.25) is 0 Å². The second kappa shape index (κ2) is 10.5. The van der Waals surface area contributed by atoms with Crippen molar-refractivity contribution in [3.63, 3.8) is 0 Å². The molecule has 3 fully saturated rings. The first-order chi connectivity index (χ1) is 20.3. The minimum Gasteiger partial charge on any atom is -0.483 e. The molecule has 2 amide bonds. The van der Waals surface area contributed by atoms with Crippen molar-refractivity contribution < 1.29 is 26.7 Å². The lowest BCUT2D eigenvalue weighted by molar-refractivity contribution is -0.162. The Bertz CT molecular complexity index is 1600. The number of carbonyl (C=O) groups is 3. The van der Waals surface area contributed by atoms with E-state index in [4.69, 9.17) is 20.3 Å². The van der Waals surface area contributed by atoms with E-state index in [1.807, 2.05) is 0 Å². The van der Waals surface area contributed by atoms with Gasteiger partial charge in [0.15, 0.2) is 5.65 Å². The smallest absolute Gasteiger partial charge is 0.311 e. The topological polar surface area (TPSA) is 175 Å². The normalized spacial score (nSPS) is 22.7. The molecular formula is C29H36N8O5. The molecule has 0 atom stereocenters. The number of fused-ring (bicyclic) bond motifs is 5. The Kier molecular flexibility index (Phi) is 6.87. The fourth-order valence-electron chi connectivity index (χ4n) is 6.37. The van der Waals surface area contributed by atoms with Crippen LogP contribution in [0.3, 0.4) is 0 Å². The Morgan fingerprint density at radius 1 is 1.10 bits per heavy atom. The van der Waals surface area contributed by atoms with Crippen molar-refractivity contribution in [1.29, 1.82) is 10.8 Å². The molecule has 3 aliphatic carbocycles. The van der Waals surface area contributed by atoms with Gasteiger partial charge in [-0.1, -0.05) is 6.07 Å². The van der Waals surface area contributed by atoms with E-state index in [9.17, 15) is 14.4 Å². The highest BCUT2D eigenvalue weighted by atomic mass is 16.5. The molecule has 42 heavy (non-hydrogen) atoms. The predicted molar refractivity (Wildman–Crippen MR) is 156 cm³/mol. The molecule has 0 unspecified atom stereocenters. The fraction of sp³-hybridized carbons (Fsp3) is 0.414. The maximum atomic E-state index is 13.4. The average Bonchev–Trinajstić information content (AvgIpc) is 3.51. The predicted octanol–water partition coefficient (Wildman–Crippen LogP) is 3.18. The van der Waals surface area contributed by atoms with Crippen LogP contribution in [0, 0.1) is 21.6 Å². The van der Waals surface area contributed by atoms with Gasteiger partial charge in [0, 0.05) is 28.1 Å². The number of benzene rings is 1. The van der Waals surface area contributed by atoms with E-state index in [0.29, 0.717) is 23.6 Å². The molecule has 1 aliphatic heterocycles. The van der Waals surface area contributed by atoms with Crippen molar-refractivity contribution >= 4 is 41.3 Å². The number of amidine groups is 1. The van der Waals surface area contributed by atoms with Crippen LogP contribution in [0.1, 0.15) is 67.9 Å². The zero-order valence-electron chi connectivity index (χ0n) is 23.2. The van der Waals surface area contributed by atoms with Gasteiger partial charge in [-0.15, -0.1) is 0 Å². The van der Waals surface area contributed by atoms with Crippen LogP contribution in [-0.4, -0.2) is 64.8 Å². The Morgan fingerprint density at radius 3 is 2.57 bits per heavy atom. The Hall–Kier alpha value is -4.81. The number of carbonyl (C=O) groups excluding carboxylic acids is 3. The van der Waals surface area contributed by atoms with Gasteiger partial charge in [-0.05, 0) is 61.6 Å². The highest BCUT2D eigenvalue weighted by Crippen LogP contribution is 2.57. The molecule has 3 aromatic rings. The summed E-state index contributed by atoms with van der Waals surface area (Å²) in [6.45, 7) is 0.713. The first kappa shape index (κ1) is 27.4. The van der Waals surface area contributed by atoms with Crippen molar-refractivity contribution in [3.05, 3.63) is 53.5 Å². The summed E-state index contributed by atoms with van der Waals surface area (Å²) in [6.07, 6.45) is 7.40. The third-order valence-corrected chi connectivity index (χ3v) is 8.99. The Labute approximate surface area is 244 Å². The third-order valence-electron chi connectivity index (χ3n) is 8.99. The summed E-state index contributed by atoms with van der Waals surface area (Å²) >= 11 is 0.